The average molecular weight is 418 g/mol. The van der Waals surface area contributed by atoms with Gasteiger partial charge >= 0.3 is 18.1 Å². The Balaban J connectivity index is 1.91. The predicted molar refractivity (Wildman–Crippen MR) is 98.7 cm³/mol. The van der Waals surface area contributed by atoms with Crippen LogP contribution in [0.1, 0.15) is 35.6 Å². The van der Waals surface area contributed by atoms with Crippen LogP contribution in [0.15, 0.2) is 47.8 Å². The lowest BCUT2D eigenvalue weighted by molar-refractivity contribution is -0.131. The second-order valence-corrected chi connectivity index (χ2v) is 5.69. The maximum atomic E-state index is 12.3. The Morgan fingerprint density at radius 2 is 1.67 bits per heavy atom. The third-order valence-electron chi connectivity index (χ3n) is 3.37. The summed E-state index contributed by atoms with van der Waals surface area (Å²) in [7, 11) is 0. The van der Waals surface area contributed by atoms with E-state index in [9.17, 15) is 19.3 Å². The van der Waals surface area contributed by atoms with Gasteiger partial charge in [-0.1, -0.05) is 18.2 Å². The summed E-state index contributed by atoms with van der Waals surface area (Å²) in [5, 5.41) is 2.13. The lowest BCUT2D eigenvalue weighted by Crippen LogP contribution is -2.17. The van der Waals surface area contributed by atoms with E-state index in [2.05, 4.69) is 19.9 Å². The molecule has 11 nitrogen and oxygen atoms in total. The van der Waals surface area contributed by atoms with Gasteiger partial charge in [0.15, 0.2) is 5.34 Å². The first-order valence-electron chi connectivity index (χ1n) is 8.60. The molecule has 0 saturated heterocycles. The standard InChI is InChI=1S/C19H18N2O9/c1-12(22)28-17-9-4-3-8-16(17)18(23)26-10-14-6-5-7-15(20-14)11-27-19(24)29-13(2)30-21-25/h3-9,13H,10-11H2,1-2H3. The number of nitrogens with zero attached hydrogens (tertiary/aromatic N) is 2. The van der Waals surface area contributed by atoms with Crippen LogP contribution >= 0.6 is 0 Å². The van der Waals surface area contributed by atoms with Crippen LogP contribution in [-0.4, -0.2) is 29.4 Å². The van der Waals surface area contributed by atoms with E-state index in [4.69, 9.17) is 14.2 Å². The molecule has 11 heteroatoms. The van der Waals surface area contributed by atoms with E-state index in [1.807, 2.05) is 0 Å². The second kappa shape index (κ2) is 11.1. The van der Waals surface area contributed by atoms with Crippen LogP contribution in [-0.2, 0) is 37.1 Å². The minimum atomic E-state index is -1.19. The van der Waals surface area contributed by atoms with Crippen molar-refractivity contribution in [3.8, 4) is 5.75 Å². The maximum Gasteiger partial charge on any atom is 0.511 e. The monoisotopic (exact) mass is 418 g/mol. The number of hydrogen-bond acceptors (Lipinski definition) is 11. The zero-order valence-electron chi connectivity index (χ0n) is 16.1. The third-order valence-corrected chi connectivity index (χ3v) is 3.37. The van der Waals surface area contributed by atoms with Gasteiger partial charge in [0.05, 0.1) is 11.4 Å². The molecule has 0 saturated carbocycles. The highest BCUT2D eigenvalue weighted by atomic mass is 16.8. The molecule has 0 aliphatic carbocycles. The molecule has 0 N–H and O–H groups in total. The van der Waals surface area contributed by atoms with Gasteiger partial charge in [-0.3, -0.25) is 9.78 Å². The number of aromatic nitrogens is 1. The quantitative estimate of drug-likeness (QED) is 0.196. The molecular weight excluding hydrogens is 400 g/mol. The molecule has 1 unspecified atom stereocenters. The fourth-order valence-electron chi connectivity index (χ4n) is 2.17. The first-order valence-corrected chi connectivity index (χ1v) is 8.60. The van der Waals surface area contributed by atoms with Crippen molar-refractivity contribution in [2.24, 2.45) is 5.34 Å². The summed E-state index contributed by atoms with van der Waals surface area (Å²) < 4.78 is 19.6. The summed E-state index contributed by atoms with van der Waals surface area (Å²) >= 11 is 0. The highest BCUT2D eigenvalue weighted by Crippen LogP contribution is 2.19. The van der Waals surface area contributed by atoms with E-state index in [0.29, 0.717) is 11.4 Å². The molecule has 1 atom stereocenters. The molecule has 30 heavy (non-hydrogen) atoms. The van der Waals surface area contributed by atoms with Crippen molar-refractivity contribution in [1.82, 2.24) is 4.98 Å². The number of carbonyl (C=O) groups is 3. The molecule has 0 fully saturated rings. The topological polar surface area (TPSA) is 140 Å². The zero-order chi connectivity index (χ0) is 21.9. The molecule has 0 amide bonds. The van der Waals surface area contributed by atoms with Crippen LogP contribution in [0.5, 0.6) is 5.75 Å². The molecule has 2 aromatic rings. The summed E-state index contributed by atoms with van der Waals surface area (Å²) in [6, 6.07) is 11.0. The minimum Gasteiger partial charge on any atom is -0.455 e. The van der Waals surface area contributed by atoms with E-state index in [0.717, 1.165) is 0 Å². The van der Waals surface area contributed by atoms with E-state index >= 15 is 0 Å². The summed E-state index contributed by atoms with van der Waals surface area (Å²) in [4.78, 5) is 53.2. The largest absolute Gasteiger partial charge is 0.511 e. The minimum absolute atomic E-state index is 0.0895. The highest BCUT2D eigenvalue weighted by molar-refractivity contribution is 5.93. The lowest BCUT2D eigenvalue weighted by atomic mass is 10.2. The Bertz CT molecular complexity index is 916. The van der Waals surface area contributed by atoms with Crippen molar-refractivity contribution in [1.29, 1.82) is 0 Å². The van der Waals surface area contributed by atoms with Crippen LogP contribution in [0.4, 0.5) is 4.79 Å². The first-order chi connectivity index (χ1) is 14.4. The maximum absolute atomic E-state index is 12.3. The van der Waals surface area contributed by atoms with Crippen LogP contribution in [0.25, 0.3) is 0 Å². The number of para-hydroxylation sites is 1. The van der Waals surface area contributed by atoms with Crippen LogP contribution < -0.4 is 4.74 Å². The van der Waals surface area contributed by atoms with Crippen molar-refractivity contribution in [2.75, 3.05) is 0 Å². The Labute approximate surface area is 170 Å². The Kier molecular flexibility index (Phi) is 8.24. The average Bonchev–Trinajstić information content (AvgIpc) is 2.71. The molecule has 1 heterocycles. The van der Waals surface area contributed by atoms with Crippen molar-refractivity contribution in [3.05, 3.63) is 64.3 Å². The highest BCUT2D eigenvalue weighted by Gasteiger charge is 2.16. The van der Waals surface area contributed by atoms with Gasteiger partial charge in [0.25, 0.3) is 6.29 Å². The van der Waals surface area contributed by atoms with Gasteiger partial charge in [-0.05, 0) is 24.3 Å². The van der Waals surface area contributed by atoms with Gasteiger partial charge in [0, 0.05) is 13.8 Å². The molecule has 1 aromatic carbocycles. The SMILES string of the molecule is CC(=O)Oc1ccccc1C(=O)OCc1cccc(COC(=O)OC(C)ON=O)n1. The van der Waals surface area contributed by atoms with Crippen molar-refractivity contribution >= 4 is 18.1 Å². The molecule has 2 rings (SSSR count). The Hall–Kier alpha value is -4.02. The van der Waals surface area contributed by atoms with Crippen LogP contribution in [0, 0.1) is 4.91 Å². The Morgan fingerprint density at radius 1 is 1.00 bits per heavy atom. The molecule has 0 bridgehead atoms. The molecular formula is C19H18N2O9. The van der Waals surface area contributed by atoms with Crippen LogP contribution in [0.2, 0.25) is 0 Å². The lowest BCUT2D eigenvalue weighted by Gasteiger charge is -2.10. The number of hydrogen-bond donors (Lipinski definition) is 0. The fourth-order valence-corrected chi connectivity index (χ4v) is 2.17. The summed E-state index contributed by atoms with van der Waals surface area (Å²) in [6.07, 6.45) is -2.27. The number of benzene rings is 1. The van der Waals surface area contributed by atoms with Gasteiger partial charge in [-0.15, -0.1) is 4.91 Å². The van der Waals surface area contributed by atoms with Crippen molar-refractivity contribution in [2.45, 2.75) is 33.4 Å². The zero-order valence-corrected chi connectivity index (χ0v) is 16.1. The van der Waals surface area contributed by atoms with E-state index in [1.165, 1.54) is 26.0 Å². The third kappa shape index (κ3) is 7.19. The number of pyridine rings is 1. The summed E-state index contributed by atoms with van der Waals surface area (Å²) in [5.41, 5.74) is 0.851. The molecule has 0 spiro atoms. The molecule has 0 radical (unpaired) electrons. The van der Waals surface area contributed by atoms with Gasteiger partial charge in [0.2, 0.25) is 0 Å². The smallest absolute Gasteiger partial charge is 0.455 e. The van der Waals surface area contributed by atoms with Crippen LogP contribution in [0.3, 0.4) is 0 Å². The molecule has 1 aromatic heterocycles. The number of esters is 2. The van der Waals surface area contributed by atoms with Gasteiger partial charge < -0.3 is 23.8 Å². The molecule has 158 valence electrons. The van der Waals surface area contributed by atoms with Gasteiger partial charge in [-0.2, -0.15) is 0 Å². The fraction of sp³-hybridized carbons (Fsp3) is 0.263. The van der Waals surface area contributed by atoms with E-state index in [-0.39, 0.29) is 24.5 Å². The van der Waals surface area contributed by atoms with Crippen molar-refractivity contribution in [3.63, 3.8) is 0 Å². The van der Waals surface area contributed by atoms with Crippen molar-refractivity contribution < 1.29 is 38.2 Å². The van der Waals surface area contributed by atoms with Gasteiger partial charge in [-0.25, -0.2) is 9.59 Å². The summed E-state index contributed by atoms with van der Waals surface area (Å²) in [6.45, 7) is 2.12. The second-order valence-electron chi connectivity index (χ2n) is 5.69. The molecule has 0 aliphatic heterocycles. The normalized spacial score (nSPS) is 11.0. The van der Waals surface area contributed by atoms with Gasteiger partial charge in [0.1, 0.15) is 24.5 Å². The number of rotatable bonds is 9. The Morgan fingerprint density at radius 3 is 2.33 bits per heavy atom. The van der Waals surface area contributed by atoms with E-state index < -0.39 is 24.4 Å². The first kappa shape index (κ1) is 22.3. The van der Waals surface area contributed by atoms with E-state index in [1.54, 1.807) is 30.3 Å². The predicted octanol–water partition coefficient (Wildman–Crippen LogP) is 3.06. The number of ether oxygens (including phenoxy) is 4. The number of carbonyl (C=O) groups excluding carboxylic acids is 3. The summed E-state index contributed by atoms with van der Waals surface area (Å²) in [5.74, 6) is -1.17. The molecule has 0 aliphatic rings.